The first kappa shape index (κ1) is 9.39. The average molecular weight is 189 g/mol. The highest BCUT2D eigenvalue weighted by Crippen LogP contribution is 2.07. The maximum absolute atomic E-state index is 5.52. The molecule has 68 valence electrons. The number of nitrogens with zero attached hydrogens (tertiary/aromatic N) is 2. The fourth-order valence-electron chi connectivity index (χ4n) is 0.860. The molecule has 0 radical (unpaired) electrons. The first-order valence-corrected chi connectivity index (χ1v) is 4.54. The number of aromatic nitrogens is 2. The summed E-state index contributed by atoms with van der Waals surface area (Å²) in [6, 6.07) is 0. The lowest BCUT2D eigenvalue weighted by Crippen LogP contribution is -1.96. The van der Waals surface area contributed by atoms with Gasteiger partial charge in [0.05, 0.1) is 19.0 Å². The second-order valence-electron chi connectivity index (χ2n) is 2.59. The van der Waals surface area contributed by atoms with E-state index in [4.69, 9.17) is 16.3 Å². The van der Waals surface area contributed by atoms with Crippen molar-refractivity contribution in [3.05, 3.63) is 12.4 Å². The van der Waals surface area contributed by atoms with Gasteiger partial charge in [-0.25, -0.2) is 0 Å². The number of rotatable bonds is 5. The fourth-order valence-corrected chi connectivity index (χ4v) is 1.05. The summed E-state index contributed by atoms with van der Waals surface area (Å²) in [6.45, 7) is 0.721. The van der Waals surface area contributed by atoms with Crippen LogP contribution >= 0.6 is 11.6 Å². The minimum atomic E-state index is 0.705. The molecular formula is C8H13ClN2O. The van der Waals surface area contributed by atoms with Gasteiger partial charge in [0, 0.05) is 12.9 Å². The molecule has 0 bridgehead atoms. The molecule has 1 heterocycles. The Morgan fingerprint density at radius 3 is 3.00 bits per heavy atom. The molecule has 0 saturated carbocycles. The second-order valence-corrected chi connectivity index (χ2v) is 2.97. The molecule has 3 nitrogen and oxygen atoms in total. The van der Waals surface area contributed by atoms with Gasteiger partial charge in [0.1, 0.15) is 0 Å². The predicted octanol–water partition coefficient (Wildman–Crippen LogP) is 1.82. The van der Waals surface area contributed by atoms with Gasteiger partial charge in [-0.05, 0) is 12.8 Å². The minimum Gasteiger partial charge on any atom is -0.490 e. The van der Waals surface area contributed by atoms with E-state index in [0.29, 0.717) is 5.88 Å². The van der Waals surface area contributed by atoms with Crippen molar-refractivity contribution in [2.75, 3.05) is 12.5 Å². The van der Waals surface area contributed by atoms with Gasteiger partial charge in [0.25, 0.3) is 0 Å². The Bertz CT molecular complexity index is 225. The molecule has 0 amide bonds. The Morgan fingerprint density at radius 1 is 1.58 bits per heavy atom. The molecule has 0 saturated heterocycles. The summed E-state index contributed by atoms with van der Waals surface area (Å²) in [7, 11) is 1.87. The molecule has 0 fully saturated rings. The van der Waals surface area contributed by atoms with Crippen molar-refractivity contribution >= 4 is 11.6 Å². The summed E-state index contributed by atoms with van der Waals surface area (Å²) in [4.78, 5) is 0. The lowest BCUT2D eigenvalue weighted by atomic mass is 10.4. The fraction of sp³-hybridized carbons (Fsp3) is 0.625. The molecule has 0 spiro atoms. The maximum Gasteiger partial charge on any atom is 0.157 e. The smallest absolute Gasteiger partial charge is 0.157 e. The summed E-state index contributed by atoms with van der Waals surface area (Å²) in [5.41, 5.74) is 0. The van der Waals surface area contributed by atoms with Crippen LogP contribution in [-0.2, 0) is 7.05 Å². The van der Waals surface area contributed by atoms with Crippen LogP contribution < -0.4 is 4.74 Å². The number of alkyl halides is 1. The zero-order chi connectivity index (χ0) is 8.81. The van der Waals surface area contributed by atoms with Gasteiger partial charge < -0.3 is 4.74 Å². The van der Waals surface area contributed by atoms with E-state index in [0.717, 1.165) is 25.2 Å². The molecule has 0 aliphatic carbocycles. The van der Waals surface area contributed by atoms with Crippen molar-refractivity contribution in [2.45, 2.75) is 12.8 Å². The van der Waals surface area contributed by atoms with E-state index in [1.807, 2.05) is 13.2 Å². The zero-order valence-corrected chi connectivity index (χ0v) is 7.92. The normalized spacial score (nSPS) is 10.2. The lowest BCUT2D eigenvalue weighted by Gasteiger charge is -2.00. The predicted molar refractivity (Wildman–Crippen MR) is 48.7 cm³/mol. The molecule has 1 aromatic heterocycles. The average Bonchev–Trinajstić information content (AvgIpc) is 2.45. The Kier molecular flexibility index (Phi) is 3.94. The first-order chi connectivity index (χ1) is 5.83. The minimum absolute atomic E-state index is 0.705. The monoisotopic (exact) mass is 188 g/mol. The van der Waals surface area contributed by atoms with Crippen molar-refractivity contribution in [3.8, 4) is 5.75 Å². The maximum atomic E-state index is 5.52. The van der Waals surface area contributed by atoms with Crippen LogP contribution in [0.4, 0.5) is 0 Å². The SMILES string of the molecule is Cn1cc(OCCCCCl)cn1. The van der Waals surface area contributed by atoms with E-state index < -0.39 is 0 Å². The van der Waals surface area contributed by atoms with Crippen LogP contribution in [0.15, 0.2) is 12.4 Å². The first-order valence-electron chi connectivity index (χ1n) is 4.00. The molecule has 4 heteroatoms. The van der Waals surface area contributed by atoms with Gasteiger partial charge in [-0.2, -0.15) is 5.10 Å². The second kappa shape index (κ2) is 5.04. The van der Waals surface area contributed by atoms with Crippen LogP contribution in [0.5, 0.6) is 5.75 Å². The molecule has 0 unspecified atom stereocenters. The summed E-state index contributed by atoms with van der Waals surface area (Å²) < 4.78 is 7.11. The van der Waals surface area contributed by atoms with Crippen LogP contribution in [0, 0.1) is 0 Å². The van der Waals surface area contributed by atoms with Crippen LogP contribution in [-0.4, -0.2) is 22.3 Å². The van der Waals surface area contributed by atoms with Gasteiger partial charge in [-0.1, -0.05) is 0 Å². The zero-order valence-electron chi connectivity index (χ0n) is 7.16. The highest BCUT2D eigenvalue weighted by atomic mass is 35.5. The number of unbranched alkanes of at least 4 members (excludes halogenated alkanes) is 1. The highest BCUT2D eigenvalue weighted by Gasteiger charge is 1.95. The number of ether oxygens (including phenoxy) is 1. The van der Waals surface area contributed by atoms with E-state index >= 15 is 0 Å². The summed E-state index contributed by atoms with van der Waals surface area (Å²) >= 11 is 5.52. The quantitative estimate of drug-likeness (QED) is 0.521. The van der Waals surface area contributed by atoms with E-state index in [1.165, 1.54) is 0 Å². The third kappa shape index (κ3) is 3.13. The van der Waals surface area contributed by atoms with Gasteiger partial charge in [-0.15, -0.1) is 11.6 Å². The number of hydrogen-bond acceptors (Lipinski definition) is 2. The van der Waals surface area contributed by atoms with Crippen molar-refractivity contribution in [3.63, 3.8) is 0 Å². The van der Waals surface area contributed by atoms with Crippen molar-refractivity contribution in [1.82, 2.24) is 9.78 Å². The molecular weight excluding hydrogens is 176 g/mol. The van der Waals surface area contributed by atoms with Crippen molar-refractivity contribution in [2.24, 2.45) is 7.05 Å². The molecule has 0 N–H and O–H groups in total. The van der Waals surface area contributed by atoms with Gasteiger partial charge in [0.2, 0.25) is 0 Å². The van der Waals surface area contributed by atoms with Crippen LogP contribution in [0.2, 0.25) is 0 Å². The standard InChI is InChI=1S/C8H13ClN2O/c1-11-7-8(6-10-11)12-5-3-2-4-9/h6-7H,2-5H2,1H3. The van der Waals surface area contributed by atoms with Gasteiger partial charge >= 0.3 is 0 Å². The molecule has 0 aromatic carbocycles. The van der Waals surface area contributed by atoms with Crippen LogP contribution in [0.1, 0.15) is 12.8 Å². The van der Waals surface area contributed by atoms with E-state index in [2.05, 4.69) is 5.10 Å². The molecule has 0 atom stereocenters. The van der Waals surface area contributed by atoms with Gasteiger partial charge in [0.15, 0.2) is 5.75 Å². The van der Waals surface area contributed by atoms with Crippen LogP contribution in [0.25, 0.3) is 0 Å². The molecule has 0 aliphatic heterocycles. The third-order valence-electron chi connectivity index (χ3n) is 1.48. The molecule has 0 aliphatic rings. The summed E-state index contributed by atoms with van der Waals surface area (Å²) in [5, 5.41) is 3.98. The van der Waals surface area contributed by atoms with E-state index in [9.17, 15) is 0 Å². The van der Waals surface area contributed by atoms with E-state index in [1.54, 1.807) is 10.9 Å². The summed E-state index contributed by atoms with van der Waals surface area (Å²) in [6.07, 6.45) is 5.56. The van der Waals surface area contributed by atoms with Gasteiger partial charge in [-0.3, -0.25) is 4.68 Å². The largest absolute Gasteiger partial charge is 0.490 e. The summed E-state index contributed by atoms with van der Waals surface area (Å²) in [5.74, 6) is 1.53. The molecule has 1 rings (SSSR count). The number of aryl methyl sites for hydroxylation is 1. The molecule has 1 aromatic rings. The number of halogens is 1. The lowest BCUT2D eigenvalue weighted by molar-refractivity contribution is 0.309. The highest BCUT2D eigenvalue weighted by molar-refractivity contribution is 6.17. The molecule has 12 heavy (non-hydrogen) atoms. The number of hydrogen-bond donors (Lipinski definition) is 0. The third-order valence-corrected chi connectivity index (χ3v) is 1.75. The van der Waals surface area contributed by atoms with E-state index in [-0.39, 0.29) is 0 Å². The Labute approximate surface area is 77.3 Å². The Morgan fingerprint density at radius 2 is 2.42 bits per heavy atom. The van der Waals surface area contributed by atoms with Crippen LogP contribution in [0.3, 0.4) is 0 Å². The Hall–Kier alpha value is -0.700. The topological polar surface area (TPSA) is 27.1 Å². The van der Waals surface area contributed by atoms with Crippen molar-refractivity contribution in [1.29, 1.82) is 0 Å². The Balaban J connectivity index is 2.15. The van der Waals surface area contributed by atoms with Crippen molar-refractivity contribution < 1.29 is 4.74 Å².